The molecule has 1 heterocycles. The van der Waals surface area contributed by atoms with Crippen molar-refractivity contribution in [1.82, 2.24) is 15.5 Å². The zero-order chi connectivity index (χ0) is 8.97. The Labute approximate surface area is 75.5 Å². The van der Waals surface area contributed by atoms with Crippen LogP contribution >= 0.6 is 0 Å². The Kier molecular flexibility index (Phi) is 3.98. The van der Waals surface area contributed by atoms with Crippen LogP contribution in [0.15, 0.2) is 0 Å². The van der Waals surface area contributed by atoms with E-state index in [-0.39, 0.29) is 0 Å². The SMILES string of the molecule is CNC(C)C(C)N1CCNCC1. The fourth-order valence-electron chi connectivity index (χ4n) is 1.65. The third-order valence-electron chi connectivity index (χ3n) is 2.91. The maximum atomic E-state index is 3.36. The van der Waals surface area contributed by atoms with Crippen LogP contribution in [0.4, 0.5) is 0 Å². The lowest BCUT2D eigenvalue weighted by atomic mass is 10.1. The third-order valence-corrected chi connectivity index (χ3v) is 2.91. The van der Waals surface area contributed by atoms with E-state index in [9.17, 15) is 0 Å². The molecule has 0 aromatic carbocycles. The predicted octanol–water partition coefficient (Wildman–Crippen LogP) is -0.112. The predicted molar refractivity (Wildman–Crippen MR) is 52.4 cm³/mol. The Bertz CT molecular complexity index is 121. The molecule has 1 rings (SSSR count). The number of piperazine rings is 1. The van der Waals surface area contributed by atoms with E-state index in [1.54, 1.807) is 0 Å². The Morgan fingerprint density at radius 1 is 1.25 bits per heavy atom. The molecule has 0 aromatic heterocycles. The van der Waals surface area contributed by atoms with E-state index in [2.05, 4.69) is 29.4 Å². The molecular formula is C9H21N3. The smallest absolute Gasteiger partial charge is 0.0219 e. The Hall–Kier alpha value is -0.120. The summed E-state index contributed by atoms with van der Waals surface area (Å²) >= 11 is 0. The summed E-state index contributed by atoms with van der Waals surface area (Å²) in [4.78, 5) is 2.54. The van der Waals surface area contributed by atoms with Gasteiger partial charge in [0.05, 0.1) is 0 Å². The summed E-state index contributed by atoms with van der Waals surface area (Å²) in [5.74, 6) is 0. The largest absolute Gasteiger partial charge is 0.316 e. The first-order valence-corrected chi connectivity index (χ1v) is 4.87. The van der Waals surface area contributed by atoms with Crippen molar-refractivity contribution in [3.05, 3.63) is 0 Å². The van der Waals surface area contributed by atoms with Crippen LogP contribution in [-0.4, -0.2) is 50.2 Å². The number of rotatable bonds is 3. The first-order chi connectivity index (χ1) is 5.75. The van der Waals surface area contributed by atoms with E-state index in [1.807, 2.05) is 7.05 Å². The standard InChI is InChI=1S/C9H21N3/c1-8(10-3)9(2)12-6-4-11-5-7-12/h8-11H,4-7H2,1-3H3. The fraction of sp³-hybridized carbons (Fsp3) is 1.00. The second-order valence-electron chi connectivity index (χ2n) is 3.60. The van der Waals surface area contributed by atoms with Crippen molar-refractivity contribution in [2.75, 3.05) is 33.2 Å². The van der Waals surface area contributed by atoms with Crippen LogP contribution in [0.25, 0.3) is 0 Å². The van der Waals surface area contributed by atoms with Crippen LogP contribution in [-0.2, 0) is 0 Å². The minimum atomic E-state index is 0.586. The van der Waals surface area contributed by atoms with Gasteiger partial charge in [-0.15, -0.1) is 0 Å². The third kappa shape index (κ3) is 2.44. The molecule has 2 unspecified atom stereocenters. The average Bonchev–Trinajstić information content (AvgIpc) is 2.17. The Balaban J connectivity index is 2.33. The molecule has 1 fully saturated rings. The van der Waals surface area contributed by atoms with Crippen LogP contribution in [0.1, 0.15) is 13.8 Å². The Morgan fingerprint density at radius 2 is 1.83 bits per heavy atom. The van der Waals surface area contributed by atoms with Crippen molar-refractivity contribution in [3.8, 4) is 0 Å². The van der Waals surface area contributed by atoms with Crippen LogP contribution in [0.2, 0.25) is 0 Å². The molecule has 2 atom stereocenters. The maximum Gasteiger partial charge on any atom is 0.0219 e. The lowest BCUT2D eigenvalue weighted by Gasteiger charge is -2.35. The molecule has 0 saturated carbocycles. The van der Waals surface area contributed by atoms with E-state index < -0.39 is 0 Å². The number of hydrogen-bond donors (Lipinski definition) is 2. The minimum Gasteiger partial charge on any atom is -0.316 e. The summed E-state index contributed by atoms with van der Waals surface area (Å²) in [6, 6.07) is 1.24. The molecule has 12 heavy (non-hydrogen) atoms. The van der Waals surface area contributed by atoms with Gasteiger partial charge in [-0.25, -0.2) is 0 Å². The summed E-state index contributed by atoms with van der Waals surface area (Å²) in [5.41, 5.74) is 0. The topological polar surface area (TPSA) is 27.3 Å². The number of hydrogen-bond acceptors (Lipinski definition) is 3. The average molecular weight is 171 g/mol. The number of nitrogens with one attached hydrogen (secondary N) is 2. The van der Waals surface area contributed by atoms with Gasteiger partial charge >= 0.3 is 0 Å². The molecule has 0 aromatic rings. The molecular weight excluding hydrogens is 150 g/mol. The normalized spacial score (nSPS) is 25.2. The lowest BCUT2D eigenvalue weighted by Crippen LogP contribution is -2.53. The van der Waals surface area contributed by atoms with Crippen LogP contribution in [0.3, 0.4) is 0 Å². The van der Waals surface area contributed by atoms with E-state index in [4.69, 9.17) is 0 Å². The highest BCUT2D eigenvalue weighted by molar-refractivity contribution is 4.79. The zero-order valence-electron chi connectivity index (χ0n) is 8.43. The van der Waals surface area contributed by atoms with Crippen LogP contribution < -0.4 is 10.6 Å². The molecule has 1 aliphatic heterocycles. The maximum absolute atomic E-state index is 3.36. The second-order valence-corrected chi connectivity index (χ2v) is 3.60. The summed E-state index contributed by atoms with van der Waals surface area (Å²) in [6.45, 7) is 9.20. The second kappa shape index (κ2) is 4.80. The molecule has 72 valence electrons. The van der Waals surface area contributed by atoms with Crippen molar-refractivity contribution in [2.24, 2.45) is 0 Å². The van der Waals surface area contributed by atoms with Gasteiger partial charge in [0.15, 0.2) is 0 Å². The van der Waals surface area contributed by atoms with Gasteiger partial charge in [0.25, 0.3) is 0 Å². The van der Waals surface area contributed by atoms with Gasteiger partial charge in [-0.2, -0.15) is 0 Å². The molecule has 1 saturated heterocycles. The van der Waals surface area contributed by atoms with E-state index in [0.29, 0.717) is 12.1 Å². The molecule has 2 N–H and O–H groups in total. The van der Waals surface area contributed by atoms with Gasteiger partial charge in [0, 0.05) is 38.3 Å². The zero-order valence-corrected chi connectivity index (χ0v) is 8.43. The molecule has 0 amide bonds. The van der Waals surface area contributed by atoms with Gasteiger partial charge < -0.3 is 10.6 Å². The van der Waals surface area contributed by atoms with Crippen molar-refractivity contribution in [1.29, 1.82) is 0 Å². The summed E-state index contributed by atoms with van der Waals surface area (Å²) in [5, 5.41) is 6.66. The summed E-state index contributed by atoms with van der Waals surface area (Å²) in [7, 11) is 2.03. The van der Waals surface area contributed by atoms with E-state index in [0.717, 1.165) is 13.1 Å². The van der Waals surface area contributed by atoms with Gasteiger partial charge in [0.1, 0.15) is 0 Å². The molecule has 0 spiro atoms. The van der Waals surface area contributed by atoms with Crippen LogP contribution in [0.5, 0.6) is 0 Å². The molecule has 0 radical (unpaired) electrons. The quantitative estimate of drug-likeness (QED) is 0.620. The number of nitrogens with zero attached hydrogens (tertiary/aromatic N) is 1. The number of likely N-dealkylation sites (N-methyl/N-ethyl adjacent to an activating group) is 1. The highest BCUT2D eigenvalue weighted by Gasteiger charge is 2.19. The van der Waals surface area contributed by atoms with Crippen molar-refractivity contribution >= 4 is 0 Å². The van der Waals surface area contributed by atoms with Crippen LogP contribution in [0, 0.1) is 0 Å². The minimum absolute atomic E-state index is 0.586. The van der Waals surface area contributed by atoms with E-state index in [1.165, 1.54) is 13.1 Å². The summed E-state index contributed by atoms with van der Waals surface area (Å²) in [6.07, 6.45) is 0. The molecule has 0 aliphatic carbocycles. The Morgan fingerprint density at radius 3 is 2.33 bits per heavy atom. The fourth-order valence-corrected chi connectivity index (χ4v) is 1.65. The first kappa shape index (κ1) is 9.96. The highest BCUT2D eigenvalue weighted by atomic mass is 15.2. The monoisotopic (exact) mass is 171 g/mol. The highest BCUT2D eigenvalue weighted by Crippen LogP contribution is 2.04. The van der Waals surface area contributed by atoms with Gasteiger partial charge in [-0.05, 0) is 20.9 Å². The summed E-state index contributed by atoms with van der Waals surface area (Å²) < 4.78 is 0. The first-order valence-electron chi connectivity index (χ1n) is 4.87. The van der Waals surface area contributed by atoms with Gasteiger partial charge in [0.2, 0.25) is 0 Å². The molecule has 1 aliphatic rings. The molecule has 0 bridgehead atoms. The van der Waals surface area contributed by atoms with Crippen molar-refractivity contribution in [2.45, 2.75) is 25.9 Å². The molecule has 3 heteroatoms. The lowest BCUT2D eigenvalue weighted by molar-refractivity contribution is 0.158. The van der Waals surface area contributed by atoms with E-state index >= 15 is 0 Å². The molecule has 3 nitrogen and oxygen atoms in total. The van der Waals surface area contributed by atoms with Crippen molar-refractivity contribution < 1.29 is 0 Å². The van der Waals surface area contributed by atoms with Gasteiger partial charge in [-0.3, -0.25) is 4.90 Å². The van der Waals surface area contributed by atoms with Gasteiger partial charge in [-0.1, -0.05) is 0 Å². The van der Waals surface area contributed by atoms with Crippen molar-refractivity contribution in [3.63, 3.8) is 0 Å².